The number of aliphatic carboxylic acids is 1. The standard InChI is InChI=1S/C11H20O2.Al.3ClH/c1-2-3-4-5-6-7-8-9-10-11(12)13;;;;/h2H,1,3-10H2,(H,12,13);;3*1H/q;+3;;;/p-3. The van der Waals surface area contributed by atoms with Gasteiger partial charge in [-0.15, -0.1) is 6.58 Å². The average Bonchev–Trinajstić information content (AvgIpc) is 2.09. The van der Waals surface area contributed by atoms with Gasteiger partial charge in [0, 0.05) is 6.42 Å². The van der Waals surface area contributed by atoms with Crippen LogP contribution in [0.15, 0.2) is 12.7 Å². The summed E-state index contributed by atoms with van der Waals surface area (Å²) in [5.41, 5.74) is 0. The molecule has 2 nitrogen and oxygen atoms in total. The van der Waals surface area contributed by atoms with Crippen molar-refractivity contribution in [1.29, 1.82) is 0 Å². The number of carbonyl (C=O) groups is 1. The van der Waals surface area contributed by atoms with Gasteiger partial charge in [-0.1, -0.05) is 31.8 Å². The topological polar surface area (TPSA) is 37.3 Å². The number of hydrogen-bond donors (Lipinski definition) is 1. The van der Waals surface area contributed by atoms with Crippen molar-refractivity contribution in [2.24, 2.45) is 0 Å². The van der Waals surface area contributed by atoms with E-state index in [0.717, 1.165) is 19.3 Å². The number of carboxylic acid groups (broad SMARTS) is 1. The predicted octanol–water partition coefficient (Wildman–Crippen LogP) is -5.99. The van der Waals surface area contributed by atoms with Gasteiger partial charge in [0.15, 0.2) is 0 Å². The Morgan fingerprint density at radius 1 is 0.941 bits per heavy atom. The first-order chi connectivity index (χ1) is 6.27. The van der Waals surface area contributed by atoms with Crippen molar-refractivity contribution in [1.82, 2.24) is 0 Å². The van der Waals surface area contributed by atoms with Crippen LogP contribution in [0.1, 0.15) is 51.4 Å². The summed E-state index contributed by atoms with van der Waals surface area (Å²) in [5.74, 6) is -0.674. The summed E-state index contributed by atoms with van der Waals surface area (Å²) in [6.07, 6.45) is 10.1. The van der Waals surface area contributed by atoms with Gasteiger partial charge in [0.25, 0.3) is 0 Å². The first-order valence-corrected chi connectivity index (χ1v) is 5.10. The third-order valence-electron chi connectivity index (χ3n) is 2.05. The zero-order valence-electron chi connectivity index (χ0n) is 10.0. The zero-order valence-corrected chi connectivity index (χ0v) is 13.4. The molecule has 0 saturated carbocycles. The van der Waals surface area contributed by atoms with Crippen LogP contribution in [0.2, 0.25) is 0 Å². The Bertz CT molecular complexity index is 158. The van der Waals surface area contributed by atoms with Gasteiger partial charge in [-0.25, -0.2) is 0 Å². The molecule has 17 heavy (non-hydrogen) atoms. The van der Waals surface area contributed by atoms with Crippen LogP contribution >= 0.6 is 0 Å². The van der Waals surface area contributed by atoms with Crippen LogP contribution in [0, 0.1) is 0 Å². The van der Waals surface area contributed by atoms with E-state index < -0.39 is 5.97 Å². The quantitative estimate of drug-likeness (QED) is 0.261. The molecule has 100 valence electrons. The van der Waals surface area contributed by atoms with E-state index in [1.165, 1.54) is 25.7 Å². The van der Waals surface area contributed by atoms with Crippen LogP contribution in [0.4, 0.5) is 0 Å². The summed E-state index contributed by atoms with van der Waals surface area (Å²) in [5, 5.41) is 8.38. The molecule has 6 heteroatoms. The van der Waals surface area contributed by atoms with Crippen molar-refractivity contribution in [2.75, 3.05) is 0 Å². The zero-order chi connectivity index (χ0) is 9.94. The summed E-state index contributed by atoms with van der Waals surface area (Å²) in [6.45, 7) is 3.66. The third kappa shape index (κ3) is 31.5. The number of carboxylic acids is 1. The Labute approximate surface area is 134 Å². The van der Waals surface area contributed by atoms with Gasteiger partial charge in [-0.05, 0) is 19.3 Å². The van der Waals surface area contributed by atoms with Crippen molar-refractivity contribution in [3.8, 4) is 0 Å². The maximum atomic E-state index is 10.2. The van der Waals surface area contributed by atoms with E-state index in [2.05, 4.69) is 6.58 Å². The Morgan fingerprint density at radius 3 is 1.76 bits per heavy atom. The van der Waals surface area contributed by atoms with Crippen molar-refractivity contribution < 1.29 is 47.1 Å². The smallest absolute Gasteiger partial charge is 1.00 e. The van der Waals surface area contributed by atoms with Crippen molar-refractivity contribution in [3.05, 3.63) is 12.7 Å². The van der Waals surface area contributed by atoms with Gasteiger partial charge in [-0.3, -0.25) is 4.79 Å². The number of unbranched alkanes of at least 4 members (excludes halogenated alkanes) is 6. The van der Waals surface area contributed by atoms with Crippen molar-refractivity contribution in [3.63, 3.8) is 0 Å². The van der Waals surface area contributed by atoms with Crippen molar-refractivity contribution >= 4 is 23.3 Å². The van der Waals surface area contributed by atoms with E-state index in [9.17, 15) is 4.79 Å². The fraction of sp³-hybridized carbons (Fsp3) is 0.727. The Hall–Kier alpha value is 0.612. The van der Waals surface area contributed by atoms with Gasteiger partial charge in [-0.2, -0.15) is 0 Å². The predicted molar refractivity (Wildman–Crippen MR) is 60.5 cm³/mol. The van der Waals surface area contributed by atoms with Crippen LogP contribution in [0.25, 0.3) is 0 Å². The molecule has 0 aromatic heterocycles. The Balaban J connectivity index is -0.000000120. The molecule has 0 aromatic carbocycles. The molecule has 1 N–H and O–H groups in total. The van der Waals surface area contributed by atoms with Gasteiger partial charge < -0.3 is 42.3 Å². The fourth-order valence-corrected chi connectivity index (χ4v) is 1.27. The van der Waals surface area contributed by atoms with Crippen LogP contribution in [0.5, 0.6) is 0 Å². The molecule has 0 saturated heterocycles. The van der Waals surface area contributed by atoms with Gasteiger partial charge >= 0.3 is 23.3 Å². The minimum atomic E-state index is -0.674. The second-order valence-corrected chi connectivity index (χ2v) is 3.34. The molecule has 0 unspecified atom stereocenters. The van der Waals surface area contributed by atoms with E-state index in [4.69, 9.17) is 5.11 Å². The molecule has 0 fully saturated rings. The van der Waals surface area contributed by atoms with E-state index >= 15 is 0 Å². The van der Waals surface area contributed by atoms with Crippen molar-refractivity contribution in [2.45, 2.75) is 51.4 Å². The third-order valence-corrected chi connectivity index (χ3v) is 2.05. The maximum absolute atomic E-state index is 10.2. The molecule has 0 heterocycles. The molecule has 0 bridgehead atoms. The molecule has 0 atom stereocenters. The largest absolute Gasteiger partial charge is 3.00 e. The second kappa shape index (κ2) is 25.5. The second-order valence-electron chi connectivity index (χ2n) is 3.34. The molecule has 0 aliphatic heterocycles. The minimum Gasteiger partial charge on any atom is -1.00 e. The first-order valence-electron chi connectivity index (χ1n) is 5.10. The molecular formula is C11H20AlCl3O2. The minimum absolute atomic E-state index is 0. The number of rotatable bonds is 9. The van der Waals surface area contributed by atoms with E-state index in [1.54, 1.807) is 0 Å². The summed E-state index contributed by atoms with van der Waals surface area (Å²) < 4.78 is 0. The molecule has 0 radical (unpaired) electrons. The van der Waals surface area contributed by atoms with Crippen LogP contribution in [-0.2, 0) is 4.79 Å². The van der Waals surface area contributed by atoms with Gasteiger partial charge in [0.05, 0.1) is 0 Å². The fourth-order valence-electron chi connectivity index (χ4n) is 1.27. The van der Waals surface area contributed by atoms with E-state index in [1.807, 2.05) is 6.08 Å². The monoisotopic (exact) mass is 316 g/mol. The molecule has 0 amide bonds. The molecule has 0 aliphatic rings. The molecule has 0 aromatic rings. The summed E-state index contributed by atoms with van der Waals surface area (Å²) in [4.78, 5) is 10.2. The molecule has 0 aliphatic carbocycles. The number of allylic oxidation sites excluding steroid dienone is 1. The summed E-state index contributed by atoms with van der Waals surface area (Å²) in [6, 6.07) is 0. The van der Waals surface area contributed by atoms with Gasteiger partial charge in [0.2, 0.25) is 0 Å². The van der Waals surface area contributed by atoms with E-state index in [0.29, 0.717) is 6.42 Å². The Morgan fingerprint density at radius 2 is 1.35 bits per heavy atom. The van der Waals surface area contributed by atoms with Crippen LogP contribution in [0.3, 0.4) is 0 Å². The average molecular weight is 318 g/mol. The molecule has 0 spiro atoms. The molecule has 0 rings (SSSR count). The normalized spacial score (nSPS) is 7.53. The number of halogens is 3. The van der Waals surface area contributed by atoms with E-state index in [-0.39, 0.29) is 54.6 Å². The Kier molecular flexibility index (Phi) is 45.8. The first kappa shape index (κ1) is 30.6. The number of hydrogen-bond acceptors (Lipinski definition) is 1. The van der Waals surface area contributed by atoms with Crippen LogP contribution in [-0.4, -0.2) is 28.4 Å². The summed E-state index contributed by atoms with van der Waals surface area (Å²) in [7, 11) is 0. The van der Waals surface area contributed by atoms with Gasteiger partial charge in [0.1, 0.15) is 0 Å². The van der Waals surface area contributed by atoms with Crippen LogP contribution < -0.4 is 37.2 Å². The molecular weight excluding hydrogens is 297 g/mol. The SMILES string of the molecule is C=CCCCCCCCCC(=O)O.[Al+3].[Cl-].[Cl-].[Cl-]. The summed E-state index contributed by atoms with van der Waals surface area (Å²) >= 11 is 0. The maximum Gasteiger partial charge on any atom is 3.00 e.